The molecule has 0 amide bonds. The fourth-order valence-corrected chi connectivity index (χ4v) is 3.52. The Labute approximate surface area is 109 Å². The summed E-state index contributed by atoms with van der Waals surface area (Å²) in [4.78, 5) is 0. The van der Waals surface area contributed by atoms with Gasteiger partial charge in [-0.05, 0) is 50.6 Å². The van der Waals surface area contributed by atoms with Crippen LogP contribution in [0.5, 0.6) is 0 Å². The number of nitrogens with one attached hydrogen (secondary N) is 1. The Hall–Kier alpha value is -0.830. The lowest BCUT2D eigenvalue weighted by atomic mass is 9.82. The van der Waals surface area contributed by atoms with Gasteiger partial charge in [0.25, 0.3) is 0 Å². The Balaban J connectivity index is 1.66. The van der Waals surface area contributed by atoms with E-state index in [0.717, 1.165) is 31.3 Å². The van der Waals surface area contributed by atoms with Crippen LogP contribution < -0.4 is 5.32 Å². The lowest BCUT2D eigenvalue weighted by Gasteiger charge is -2.24. The fourth-order valence-electron chi connectivity index (χ4n) is 3.52. The molecule has 1 N–H and O–H groups in total. The second-order valence-corrected chi connectivity index (χ2v) is 5.94. The molecule has 1 saturated carbocycles. The average Bonchev–Trinajstić information content (AvgIpc) is 2.89. The van der Waals surface area contributed by atoms with Gasteiger partial charge in [0, 0.05) is 12.0 Å². The molecule has 1 aliphatic carbocycles. The Bertz CT molecular complexity index is 362. The molecule has 1 aliphatic heterocycles. The van der Waals surface area contributed by atoms with Crippen LogP contribution >= 0.6 is 0 Å². The van der Waals surface area contributed by atoms with E-state index in [-0.39, 0.29) is 0 Å². The van der Waals surface area contributed by atoms with Crippen LogP contribution in [-0.2, 0) is 6.42 Å². The van der Waals surface area contributed by atoms with Crippen LogP contribution in [0.2, 0.25) is 0 Å². The third kappa shape index (κ3) is 2.77. The van der Waals surface area contributed by atoms with Gasteiger partial charge in [-0.3, -0.25) is 0 Å². The molecule has 0 unspecified atom stereocenters. The van der Waals surface area contributed by atoms with E-state index in [1.54, 1.807) is 0 Å². The fraction of sp³-hybridized carbons (Fsp3) is 0.800. The predicted molar refractivity (Wildman–Crippen MR) is 71.6 cm³/mol. The molecular formula is C15H24N2O. The summed E-state index contributed by atoms with van der Waals surface area (Å²) in [5, 5.41) is 7.50. The summed E-state index contributed by atoms with van der Waals surface area (Å²) in [7, 11) is 0. The van der Waals surface area contributed by atoms with Crippen molar-refractivity contribution in [2.45, 2.75) is 57.3 Å². The van der Waals surface area contributed by atoms with Crippen molar-refractivity contribution in [3.05, 3.63) is 17.5 Å². The SMILES string of the molecule is c1noc(CC2CCNCC2)c1C1CCCCC1. The number of hydrogen-bond donors (Lipinski definition) is 1. The first-order valence-electron chi connectivity index (χ1n) is 7.57. The van der Waals surface area contributed by atoms with Crippen molar-refractivity contribution in [1.82, 2.24) is 10.5 Å². The Morgan fingerprint density at radius 1 is 1.11 bits per heavy atom. The first-order valence-corrected chi connectivity index (χ1v) is 7.57. The zero-order valence-corrected chi connectivity index (χ0v) is 11.2. The number of rotatable bonds is 3. The van der Waals surface area contributed by atoms with E-state index < -0.39 is 0 Å². The van der Waals surface area contributed by atoms with E-state index in [9.17, 15) is 0 Å². The van der Waals surface area contributed by atoms with Crippen LogP contribution in [0.25, 0.3) is 0 Å². The van der Waals surface area contributed by atoms with Gasteiger partial charge in [-0.15, -0.1) is 0 Å². The lowest BCUT2D eigenvalue weighted by Crippen LogP contribution is -2.28. The Morgan fingerprint density at radius 3 is 2.67 bits per heavy atom. The van der Waals surface area contributed by atoms with Gasteiger partial charge in [0.2, 0.25) is 0 Å². The van der Waals surface area contributed by atoms with Gasteiger partial charge >= 0.3 is 0 Å². The molecule has 3 nitrogen and oxygen atoms in total. The van der Waals surface area contributed by atoms with Gasteiger partial charge in [-0.1, -0.05) is 24.4 Å². The van der Waals surface area contributed by atoms with Crippen molar-refractivity contribution < 1.29 is 4.52 Å². The van der Waals surface area contributed by atoms with Crippen molar-refractivity contribution in [2.75, 3.05) is 13.1 Å². The molecule has 2 aliphatic rings. The molecule has 0 bridgehead atoms. The van der Waals surface area contributed by atoms with Crippen LogP contribution in [0.1, 0.15) is 62.2 Å². The molecule has 18 heavy (non-hydrogen) atoms. The first kappa shape index (κ1) is 12.2. The molecular weight excluding hydrogens is 224 g/mol. The predicted octanol–water partition coefficient (Wildman–Crippen LogP) is 3.26. The molecule has 0 aromatic carbocycles. The second-order valence-electron chi connectivity index (χ2n) is 5.94. The van der Waals surface area contributed by atoms with Crippen molar-refractivity contribution in [3.8, 4) is 0 Å². The summed E-state index contributed by atoms with van der Waals surface area (Å²) in [5.74, 6) is 2.71. The smallest absolute Gasteiger partial charge is 0.140 e. The van der Waals surface area contributed by atoms with E-state index in [4.69, 9.17) is 4.52 Å². The van der Waals surface area contributed by atoms with Gasteiger partial charge in [-0.2, -0.15) is 0 Å². The van der Waals surface area contributed by atoms with E-state index >= 15 is 0 Å². The van der Waals surface area contributed by atoms with Gasteiger partial charge < -0.3 is 9.84 Å². The quantitative estimate of drug-likeness (QED) is 0.892. The highest BCUT2D eigenvalue weighted by Crippen LogP contribution is 2.35. The van der Waals surface area contributed by atoms with Crippen molar-refractivity contribution in [2.24, 2.45) is 5.92 Å². The lowest BCUT2D eigenvalue weighted by molar-refractivity contribution is 0.314. The summed E-state index contributed by atoms with van der Waals surface area (Å²) in [6.07, 6.45) is 12.5. The molecule has 1 aromatic heterocycles. The van der Waals surface area contributed by atoms with Crippen LogP contribution in [0.3, 0.4) is 0 Å². The normalized spacial score (nSPS) is 23.3. The van der Waals surface area contributed by atoms with E-state index in [1.165, 1.54) is 56.3 Å². The minimum absolute atomic E-state index is 0.724. The van der Waals surface area contributed by atoms with E-state index in [1.807, 2.05) is 6.20 Å². The molecule has 1 saturated heterocycles. The van der Waals surface area contributed by atoms with Crippen LogP contribution in [-0.4, -0.2) is 18.2 Å². The topological polar surface area (TPSA) is 38.1 Å². The first-order chi connectivity index (χ1) is 8.93. The third-order valence-electron chi connectivity index (χ3n) is 4.65. The molecule has 2 heterocycles. The number of piperidine rings is 1. The number of aromatic nitrogens is 1. The molecule has 1 aromatic rings. The average molecular weight is 248 g/mol. The molecule has 100 valence electrons. The van der Waals surface area contributed by atoms with E-state index in [2.05, 4.69) is 10.5 Å². The Morgan fingerprint density at radius 2 is 1.89 bits per heavy atom. The maximum Gasteiger partial charge on any atom is 0.140 e. The second kappa shape index (κ2) is 5.87. The summed E-state index contributed by atoms with van der Waals surface area (Å²) < 4.78 is 5.55. The van der Waals surface area contributed by atoms with E-state index in [0.29, 0.717) is 0 Å². The Kier molecular flexibility index (Phi) is 3.99. The van der Waals surface area contributed by atoms with Crippen LogP contribution in [0, 0.1) is 5.92 Å². The zero-order chi connectivity index (χ0) is 12.2. The van der Waals surface area contributed by atoms with Gasteiger partial charge in [0.15, 0.2) is 0 Å². The summed E-state index contributed by atoms with van der Waals surface area (Å²) in [5.41, 5.74) is 1.42. The molecule has 0 atom stereocenters. The maximum atomic E-state index is 5.55. The zero-order valence-electron chi connectivity index (χ0n) is 11.2. The highest BCUT2D eigenvalue weighted by Gasteiger charge is 2.24. The summed E-state index contributed by atoms with van der Waals surface area (Å²) in [6, 6.07) is 0. The summed E-state index contributed by atoms with van der Waals surface area (Å²) in [6.45, 7) is 2.33. The minimum atomic E-state index is 0.724. The third-order valence-corrected chi connectivity index (χ3v) is 4.65. The van der Waals surface area contributed by atoms with Crippen molar-refractivity contribution in [3.63, 3.8) is 0 Å². The largest absolute Gasteiger partial charge is 0.361 e. The van der Waals surface area contributed by atoms with Gasteiger partial charge in [-0.25, -0.2) is 0 Å². The van der Waals surface area contributed by atoms with Crippen molar-refractivity contribution in [1.29, 1.82) is 0 Å². The monoisotopic (exact) mass is 248 g/mol. The minimum Gasteiger partial charge on any atom is -0.361 e. The van der Waals surface area contributed by atoms with Crippen LogP contribution in [0.4, 0.5) is 0 Å². The van der Waals surface area contributed by atoms with Gasteiger partial charge in [0.1, 0.15) is 5.76 Å². The highest BCUT2D eigenvalue weighted by molar-refractivity contribution is 5.20. The van der Waals surface area contributed by atoms with Crippen LogP contribution in [0.15, 0.2) is 10.7 Å². The molecule has 0 spiro atoms. The highest BCUT2D eigenvalue weighted by atomic mass is 16.5. The standard InChI is InChI=1S/C15H24N2O/c1-2-4-13(5-3-1)14-11-17-18-15(14)10-12-6-8-16-9-7-12/h11-13,16H,1-10H2. The summed E-state index contributed by atoms with van der Waals surface area (Å²) >= 11 is 0. The molecule has 2 fully saturated rings. The van der Waals surface area contributed by atoms with Crippen molar-refractivity contribution >= 4 is 0 Å². The number of nitrogens with zero attached hydrogens (tertiary/aromatic N) is 1. The number of hydrogen-bond acceptors (Lipinski definition) is 3. The molecule has 3 rings (SSSR count). The van der Waals surface area contributed by atoms with Gasteiger partial charge in [0.05, 0.1) is 6.20 Å². The maximum absolute atomic E-state index is 5.55. The molecule has 0 radical (unpaired) electrons. The molecule has 3 heteroatoms.